The van der Waals surface area contributed by atoms with Gasteiger partial charge in [0.1, 0.15) is 17.8 Å². The minimum Gasteiger partial charge on any atom is -0.481 e. The Kier molecular flexibility index (Phi) is 2.65. The molecule has 1 aliphatic rings. The summed E-state index contributed by atoms with van der Waals surface area (Å²) in [5.41, 5.74) is 6.63. The van der Waals surface area contributed by atoms with Crippen LogP contribution in [0.2, 0.25) is 0 Å². The molecule has 0 aliphatic heterocycles. The molecule has 3 rings (SSSR count). The first-order valence-corrected chi connectivity index (χ1v) is 6.65. The Morgan fingerprint density at radius 1 is 1.50 bits per heavy atom. The van der Waals surface area contributed by atoms with Gasteiger partial charge in [-0.05, 0) is 35.4 Å². The summed E-state index contributed by atoms with van der Waals surface area (Å²) < 4.78 is 3.02. The summed E-state index contributed by atoms with van der Waals surface area (Å²) in [4.78, 5) is 19.1. The zero-order valence-electron chi connectivity index (χ0n) is 9.38. The van der Waals surface area contributed by atoms with Crippen molar-refractivity contribution in [3.8, 4) is 0 Å². The topological polar surface area (TPSA) is 94.0 Å². The fraction of sp³-hybridized carbons (Fsp3) is 0.364. The van der Waals surface area contributed by atoms with Crippen LogP contribution in [0, 0.1) is 9.49 Å². The maximum atomic E-state index is 10.8. The van der Waals surface area contributed by atoms with E-state index in [0.29, 0.717) is 18.7 Å². The van der Waals surface area contributed by atoms with E-state index >= 15 is 0 Å². The summed E-state index contributed by atoms with van der Waals surface area (Å²) in [7, 11) is 0. The van der Waals surface area contributed by atoms with Crippen molar-refractivity contribution in [1.29, 1.82) is 0 Å². The Bertz CT molecular complexity index is 633. The molecule has 7 heteroatoms. The van der Waals surface area contributed by atoms with Crippen molar-refractivity contribution in [3.63, 3.8) is 0 Å². The van der Waals surface area contributed by atoms with Crippen LogP contribution < -0.4 is 5.73 Å². The van der Waals surface area contributed by atoms with E-state index < -0.39 is 5.97 Å². The number of carboxylic acid groups (broad SMARTS) is 1. The van der Waals surface area contributed by atoms with Gasteiger partial charge in [0.25, 0.3) is 0 Å². The van der Waals surface area contributed by atoms with Gasteiger partial charge < -0.3 is 15.4 Å². The molecule has 94 valence electrons. The van der Waals surface area contributed by atoms with Gasteiger partial charge in [-0.1, -0.05) is 0 Å². The smallest absolute Gasteiger partial charge is 0.306 e. The van der Waals surface area contributed by atoms with Crippen molar-refractivity contribution in [2.75, 3.05) is 5.73 Å². The van der Waals surface area contributed by atoms with Crippen LogP contribution in [-0.2, 0) is 4.79 Å². The Morgan fingerprint density at radius 2 is 2.22 bits per heavy atom. The largest absolute Gasteiger partial charge is 0.481 e. The average Bonchev–Trinajstić information content (AvgIpc) is 2.55. The number of rotatable bonds is 2. The van der Waals surface area contributed by atoms with Gasteiger partial charge in [0.05, 0.1) is 11.3 Å². The minimum atomic E-state index is -0.716. The molecule has 0 aromatic carbocycles. The lowest BCUT2D eigenvalue weighted by Gasteiger charge is -2.33. The predicted octanol–water partition coefficient (Wildman–Crippen LogP) is 1.65. The highest BCUT2D eigenvalue weighted by Gasteiger charge is 2.36. The van der Waals surface area contributed by atoms with Crippen molar-refractivity contribution in [2.24, 2.45) is 5.92 Å². The number of nitrogens with two attached hydrogens (primary N) is 1. The van der Waals surface area contributed by atoms with Crippen LogP contribution in [-0.4, -0.2) is 25.6 Å². The lowest BCUT2D eigenvalue weighted by atomic mass is 9.80. The van der Waals surface area contributed by atoms with Gasteiger partial charge in [-0.3, -0.25) is 4.79 Å². The zero-order chi connectivity index (χ0) is 12.9. The van der Waals surface area contributed by atoms with Crippen LogP contribution in [0.1, 0.15) is 18.9 Å². The molecule has 1 fully saturated rings. The van der Waals surface area contributed by atoms with Crippen molar-refractivity contribution in [3.05, 3.63) is 16.1 Å². The molecule has 18 heavy (non-hydrogen) atoms. The van der Waals surface area contributed by atoms with Crippen molar-refractivity contribution < 1.29 is 9.90 Å². The first-order valence-electron chi connectivity index (χ1n) is 5.57. The monoisotopic (exact) mass is 358 g/mol. The second-order valence-electron chi connectivity index (χ2n) is 4.50. The first-order chi connectivity index (χ1) is 8.58. The molecule has 0 spiro atoms. The number of carboxylic acids is 1. The van der Waals surface area contributed by atoms with Gasteiger partial charge in [0.2, 0.25) is 0 Å². The van der Waals surface area contributed by atoms with E-state index in [1.807, 2.05) is 10.8 Å². The van der Waals surface area contributed by atoms with Crippen LogP contribution in [0.4, 0.5) is 5.82 Å². The molecule has 1 aliphatic carbocycles. The van der Waals surface area contributed by atoms with E-state index in [1.165, 1.54) is 6.33 Å². The van der Waals surface area contributed by atoms with Gasteiger partial charge in [-0.15, -0.1) is 0 Å². The molecule has 0 radical (unpaired) electrons. The summed E-state index contributed by atoms with van der Waals surface area (Å²) in [5.74, 6) is -0.479. The Labute approximate surface area is 116 Å². The molecular weight excluding hydrogens is 347 g/mol. The standard InChI is InChI=1S/C11H11IN4O2/c12-7-3-16(6-1-5(2-6)11(17)18)10-8(7)9(13)14-4-15-10/h3-6H,1-2H2,(H,17,18)(H2,13,14,15). The second kappa shape index (κ2) is 4.08. The van der Waals surface area contributed by atoms with Crippen molar-refractivity contribution in [1.82, 2.24) is 14.5 Å². The number of halogens is 1. The number of anilines is 1. The molecule has 0 saturated heterocycles. The molecule has 0 amide bonds. The predicted molar refractivity (Wildman–Crippen MR) is 74.1 cm³/mol. The third kappa shape index (κ3) is 1.64. The normalized spacial score (nSPS) is 22.9. The van der Waals surface area contributed by atoms with Crippen LogP contribution in [0.15, 0.2) is 12.5 Å². The maximum absolute atomic E-state index is 10.8. The van der Waals surface area contributed by atoms with Crippen molar-refractivity contribution in [2.45, 2.75) is 18.9 Å². The Hall–Kier alpha value is -1.38. The number of nitrogens with zero attached hydrogens (tertiary/aromatic N) is 3. The summed E-state index contributed by atoms with van der Waals surface area (Å²) in [6.07, 6.45) is 4.72. The van der Waals surface area contributed by atoms with E-state index in [-0.39, 0.29) is 12.0 Å². The average molecular weight is 358 g/mol. The number of nitrogen functional groups attached to an aromatic ring is 1. The van der Waals surface area contributed by atoms with E-state index in [2.05, 4.69) is 32.6 Å². The van der Waals surface area contributed by atoms with E-state index in [0.717, 1.165) is 14.6 Å². The first kappa shape index (κ1) is 11.7. The van der Waals surface area contributed by atoms with Gasteiger partial charge in [-0.2, -0.15) is 0 Å². The Morgan fingerprint density at radius 3 is 2.89 bits per heavy atom. The summed E-state index contributed by atoms with van der Waals surface area (Å²) in [6, 6.07) is 0.200. The van der Waals surface area contributed by atoms with Gasteiger partial charge >= 0.3 is 5.97 Å². The minimum absolute atomic E-state index is 0.200. The molecule has 1 saturated carbocycles. The molecular formula is C11H11IN4O2. The van der Waals surface area contributed by atoms with Crippen LogP contribution in [0.5, 0.6) is 0 Å². The van der Waals surface area contributed by atoms with E-state index in [1.54, 1.807) is 0 Å². The highest BCUT2D eigenvalue weighted by molar-refractivity contribution is 14.1. The second-order valence-corrected chi connectivity index (χ2v) is 5.66. The van der Waals surface area contributed by atoms with Crippen LogP contribution in [0.25, 0.3) is 11.0 Å². The Balaban J connectivity index is 2.00. The number of fused-ring (bicyclic) bond motifs is 1. The lowest BCUT2D eigenvalue weighted by Crippen LogP contribution is -2.32. The molecule has 0 unspecified atom stereocenters. The molecule has 3 N–H and O–H groups in total. The number of aromatic nitrogens is 3. The third-order valence-corrected chi connectivity index (χ3v) is 4.27. The third-order valence-electron chi connectivity index (χ3n) is 3.45. The highest BCUT2D eigenvalue weighted by Crippen LogP contribution is 2.40. The molecule has 0 atom stereocenters. The number of hydrogen-bond acceptors (Lipinski definition) is 4. The number of hydrogen-bond donors (Lipinski definition) is 2. The quantitative estimate of drug-likeness (QED) is 0.797. The van der Waals surface area contributed by atoms with Crippen LogP contribution in [0.3, 0.4) is 0 Å². The molecule has 2 aromatic heterocycles. The van der Waals surface area contributed by atoms with Gasteiger partial charge in [0.15, 0.2) is 0 Å². The summed E-state index contributed by atoms with van der Waals surface area (Å²) in [6.45, 7) is 0. The van der Waals surface area contributed by atoms with Gasteiger partial charge in [-0.25, -0.2) is 9.97 Å². The summed E-state index contributed by atoms with van der Waals surface area (Å²) >= 11 is 2.20. The molecule has 6 nitrogen and oxygen atoms in total. The molecule has 2 aromatic rings. The lowest BCUT2D eigenvalue weighted by molar-refractivity contribution is -0.145. The fourth-order valence-electron chi connectivity index (χ4n) is 2.36. The summed E-state index contributed by atoms with van der Waals surface area (Å²) in [5, 5.41) is 9.76. The SMILES string of the molecule is Nc1ncnc2c1c(I)cn2C1CC(C(=O)O)C1. The number of aliphatic carboxylic acids is 1. The van der Waals surface area contributed by atoms with Crippen molar-refractivity contribution >= 4 is 45.4 Å². The molecule has 0 bridgehead atoms. The fourth-order valence-corrected chi connectivity index (χ4v) is 3.17. The van der Waals surface area contributed by atoms with E-state index in [9.17, 15) is 4.79 Å². The highest BCUT2D eigenvalue weighted by atomic mass is 127. The maximum Gasteiger partial charge on any atom is 0.306 e. The zero-order valence-corrected chi connectivity index (χ0v) is 11.5. The van der Waals surface area contributed by atoms with Crippen LogP contribution >= 0.6 is 22.6 Å². The van der Waals surface area contributed by atoms with Gasteiger partial charge in [0, 0.05) is 15.8 Å². The van der Waals surface area contributed by atoms with E-state index in [4.69, 9.17) is 10.8 Å². The molecule has 2 heterocycles. The number of carbonyl (C=O) groups is 1.